The Balaban J connectivity index is 3.90. The summed E-state index contributed by atoms with van der Waals surface area (Å²) in [7, 11) is 1.92. The second-order valence-corrected chi connectivity index (χ2v) is 4.28. The molecule has 2 nitrogen and oxygen atoms in total. The fourth-order valence-corrected chi connectivity index (χ4v) is 1.77. The van der Waals surface area contributed by atoms with Crippen molar-refractivity contribution in [2.75, 3.05) is 20.1 Å². The fourth-order valence-electron chi connectivity index (χ4n) is 1.77. The van der Waals surface area contributed by atoms with Gasteiger partial charge in [-0.05, 0) is 51.0 Å². The molecule has 0 aromatic heterocycles. The molecule has 0 saturated carbocycles. The molecule has 94 valence electrons. The second kappa shape index (κ2) is 10.7. The van der Waals surface area contributed by atoms with Crippen LogP contribution in [-0.2, 0) is 0 Å². The van der Waals surface area contributed by atoms with Crippen molar-refractivity contribution in [1.29, 1.82) is 0 Å². The summed E-state index contributed by atoms with van der Waals surface area (Å²) in [5.74, 6) is 0.818. The van der Waals surface area contributed by atoms with Crippen molar-refractivity contribution in [3.8, 4) is 0 Å². The highest BCUT2D eigenvalue weighted by atomic mass is 14.8. The lowest BCUT2D eigenvalue weighted by molar-refractivity contribution is 0.451. The van der Waals surface area contributed by atoms with Crippen molar-refractivity contribution in [2.24, 2.45) is 5.92 Å². The van der Waals surface area contributed by atoms with Crippen LogP contribution in [0, 0.1) is 5.92 Å². The standard InChI is InChI=1S/C14H28N2/c1-5-14(9-11-16-6-2)12-13(3)8-7-10-15-4/h7-8,10,14-16H,5-6,9,11-12H2,1-4H3/b10-7-,13-8+. The zero-order valence-electron chi connectivity index (χ0n) is 11.3. The van der Waals surface area contributed by atoms with Crippen LogP contribution < -0.4 is 10.6 Å². The Morgan fingerprint density at radius 3 is 2.62 bits per heavy atom. The molecule has 0 aliphatic rings. The van der Waals surface area contributed by atoms with E-state index in [4.69, 9.17) is 0 Å². The van der Waals surface area contributed by atoms with Crippen LogP contribution in [0.3, 0.4) is 0 Å². The van der Waals surface area contributed by atoms with Crippen molar-refractivity contribution in [3.63, 3.8) is 0 Å². The lowest BCUT2D eigenvalue weighted by Gasteiger charge is -2.15. The van der Waals surface area contributed by atoms with E-state index < -0.39 is 0 Å². The van der Waals surface area contributed by atoms with Gasteiger partial charge in [-0.2, -0.15) is 0 Å². The van der Waals surface area contributed by atoms with E-state index in [2.05, 4.69) is 43.6 Å². The van der Waals surface area contributed by atoms with E-state index in [9.17, 15) is 0 Å². The molecule has 0 bridgehead atoms. The minimum atomic E-state index is 0.818. The summed E-state index contributed by atoms with van der Waals surface area (Å²) in [4.78, 5) is 0. The van der Waals surface area contributed by atoms with E-state index in [1.54, 1.807) is 0 Å². The van der Waals surface area contributed by atoms with E-state index in [0.717, 1.165) is 19.0 Å². The second-order valence-electron chi connectivity index (χ2n) is 4.28. The molecule has 0 aliphatic carbocycles. The quantitative estimate of drug-likeness (QED) is 0.464. The number of rotatable bonds is 9. The first kappa shape index (κ1) is 15.2. The average Bonchev–Trinajstić information content (AvgIpc) is 2.28. The van der Waals surface area contributed by atoms with Gasteiger partial charge >= 0.3 is 0 Å². The third kappa shape index (κ3) is 8.54. The Morgan fingerprint density at radius 1 is 1.31 bits per heavy atom. The molecule has 0 rings (SSSR count). The fraction of sp³-hybridized carbons (Fsp3) is 0.714. The smallest absolute Gasteiger partial charge is 0.00277 e. The van der Waals surface area contributed by atoms with Gasteiger partial charge in [-0.1, -0.05) is 31.9 Å². The maximum absolute atomic E-state index is 3.40. The van der Waals surface area contributed by atoms with Gasteiger partial charge in [-0.15, -0.1) is 0 Å². The predicted octanol–water partition coefficient (Wildman–Crippen LogP) is 3.08. The molecule has 16 heavy (non-hydrogen) atoms. The third-order valence-electron chi connectivity index (χ3n) is 2.81. The molecule has 0 heterocycles. The summed E-state index contributed by atoms with van der Waals surface area (Å²) in [5.41, 5.74) is 1.47. The van der Waals surface area contributed by atoms with Crippen molar-refractivity contribution >= 4 is 0 Å². The Labute approximate surface area is 101 Å². The molecule has 1 unspecified atom stereocenters. The van der Waals surface area contributed by atoms with Gasteiger partial charge in [0.25, 0.3) is 0 Å². The molecule has 0 aromatic carbocycles. The van der Waals surface area contributed by atoms with Gasteiger partial charge in [-0.25, -0.2) is 0 Å². The van der Waals surface area contributed by atoms with Crippen LogP contribution >= 0.6 is 0 Å². The molecular formula is C14H28N2. The highest BCUT2D eigenvalue weighted by Gasteiger charge is 2.05. The summed E-state index contributed by atoms with van der Waals surface area (Å²) in [5, 5.41) is 6.39. The maximum atomic E-state index is 3.40. The van der Waals surface area contributed by atoms with Gasteiger partial charge in [-0.3, -0.25) is 0 Å². The minimum absolute atomic E-state index is 0.818. The molecule has 0 fully saturated rings. The molecule has 0 radical (unpaired) electrons. The molecular weight excluding hydrogens is 196 g/mol. The molecule has 0 amide bonds. The zero-order valence-corrected chi connectivity index (χ0v) is 11.3. The number of hydrogen-bond acceptors (Lipinski definition) is 2. The van der Waals surface area contributed by atoms with E-state index in [1.165, 1.54) is 24.8 Å². The summed E-state index contributed by atoms with van der Waals surface area (Å²) in [6.07, 6.45) is 10.0. The molecule has 0 aromatic rings. The van der Waals surface area contributed by atoms with Crippen LogP contribution in [-0.4, -0.2) is 20.1 Å². The van der Waals surface area contributed by atoms with E-state index >= 15 is 0 Å². The average molecular weight is 224 g/mol. The largest absolute Gasteiger partial charge is 0.394 e. The predicted molar refractivity (Wildman–Crippen MR) is 73.5 cm³/mol. The van der Waals surface area contributed by atoms with Crippen LogP contribution in [0.25, 0.3) is 0 Å². The van der Waals surface area contributed by atoms with E-state index in [-0.39, 0.29) is 0 Å². The van der Waals surface area contributed by atoms with Gasteiger partial charge in [0, 0.05) is 7.05 Å². The van der Waals surface area contributed by atoms with Crippen molar-refractivity contribution in [2.45, 2.75) is 40.0 Å². The topological polar surface area (TPSA) is 24.1 Å². The monoisotopic (exact) mass is 224 g/mol. The molecule has 0 aliphatic heterocycles. The zero-order chi connectivity index (χ0) is 12.2. The summed E-state index contributed by atoms with van der Waals surface area (Å²) in [6.45, 7) is 8.89. The van der Waals surface area contributed by atoms with Gasteiger partial charge < -0.3 is 10.6 Å². The van der Waals surface area contributed by atoms with Crippen LogP contribution in [0.5, 0.6) is 0 Å². The van der Waals surface area contributed by atoms with Gasteiger partial charge in [0.05, 0.1) is 0 Å². The van der Waals surface area contributed by atoms with Crippen LogP contribution in [0.15, 0.2) is 23.9 Å². The molecule has 0 spiro atoms. The Bertz CT molecular complexity index is 207. The summed E-state index contributed by atoms with van der Waals surface area (Å²) >= 11 is 0. The van der Waals surface area contributed by atoms with E-state index in [1.807, 2.05) is 13.2 Å². The Kier molecular flexibility index (Phi) is 10.2. The number of hydrogen-bond donors (Lipinski definition) is 2. The van der Waals surface area contributed by atoms with Gasteiger partial charge in [0.2, 0.25) is 0 Å². The molecule has 1 atom stereocenters. The number of nitrogens with one attached hydrogen (secondary N) is 2. The van der Waals surface area contributed by atoms with Gasteiger partial charge in [0.1, 0.15) is 0 Å². The summed E-state index contributed by atoms with van der Waals surface area (Å²) < 4.78 is 0. The van der Waals surface area contributed by atoms with Crippen LogP contribution in [0.4, 0.5) is 0 Å². The molecule has 2 N–H and O–H groups in total. The highest BCUT2D eigenvalue weighted by Crippen LogP contribution is 2.18. The lowest BCUT2D eigenvalue weighted by atomic mass is 9.94. The van der Waals surface area contributed by atoms with Crippen molar-refractivity contribution in [3.05, 3.63) is 23.9 Å². The van der Waals surface area contributed by atoms with Crippen LogP contribution in [0.2, 0.25) is 0 Å². The normalized spacial score (nSPS) is 14.4. The molecule has 2 heteroatoms. The SMILES string of the molecule is CCNCCC(CC)C/C(C)=C/C=C\NC. The summed E-state index contributed by atoms with van der Waals surface area (Å²) in [6, 6.07) is 0. The van der Waals surface area contributed by atoms with Crippen molar-refractivity contribution in [1.82, 2.24) is 10.6 Å². The highest BCUT2D eigenvalue weighted by molar-refractivity contribution is 5.10. The minimum Gasteiger partial charge on any atom is -0.394 e. The lowest BCUT2D eigenvalue weighted by Crippen LogP contribution is -2.17. The maximum Gasteiger partial charge on any atom is 0.00277 e. The first-order valence-electron chi connectivity index (χ1n) is 6.44. The van der Waals surface area contributed by atoms with Crippen molar-refractivity contribution < 1.29 is 0 Å². The first-order valence-corrected chi connectivity index (χ1v) is 6.44. The van der Waals surface area contributed by atoms with Crippen LogP contribution in [0.1, 0.15) is 40.0 Å². The van der Waals surface area contributed by atoms with E-state index in [0.29, 0.717) is 0 Å². The third-order valence-corrected chi connectivity index (χ3v) is 2.81. The number of allylic oxidation sites excluding steroid dienone is 3. The first-order chi connectivity index (χ1) is 7.74. The van der Waals surface area contributed by atoms with Gasteiger partial charge in [0.15, 0.2) is 0 Å². The molecule has 0 saturated heterocycles. The Hall–Kier alpha value is -0.760. The Morgan fingerprint density at radius 2 is 2.06 bits per heavy atom.